The fourth-order valence-electron chi connectivity index (χ4n) is 1.23. The van der Waals surface area contributed by atoms with E-state index >= 15 is 0 Å². The Morgan fingerprint density at radius 3 is 2.80 bits per heavy atom. The van der Waals surface area contributed by atoms with Gasteiger partial charge in [0, 0.05) is 18.0 Å². The molecule has 2 aromatic heterocycles. The molecule has 0 aromatic carbocycles. The zero-order chi connectivity index (χ0) is 10.8. The molecule has 0 aliphatic rings. The maximum Gasteiger partial charge on any atom is 0.334 e. The summed E-state index contributed by atoms with van der Waals surface area (Å²) < 4.78 is 1.30. The maximum absolute atomic E-state index is 11.5. The molecule has 2 heterocycles. The first-order chi connectivity index (χ1) is 7.18. The fraction of sp³-hybridized carbons (Fsp3) is 0.100. The fourth-order valence-corrected chi connectivity index (χ4v) is 1.23. The Kier molecular flexibility index (Phi) is 2.21. The number of hydrogen-bond acceptors (Lipinski definition) is 3. The summed E-state index contributed by atoms with van der Waals surface area (Å²) in [6.45, 7) is 1.64. The number of H-pyrrole nitrogens is 1. The number of nitrogens with one attached hydrogen (secondary N) is 1. The highest BCUT2D eigenvalue weighted by atomic mass is 16.2. The van der Waals surface area contributed by atoms with Gasteiger partial charge in [0.2, 0.25) is 0 Å². The van der Waals surface area contributed by atoms with E-state index in [0.29, 0.717) is 11.4 Å². The number of aromatic nitrogens is 3. The molecule has 2 rings (SSSR count). The van der Waals surface area contributed by atoms with E-state index in [1.165, 1.54) is 10.8 Å². The molecule has 5 heteroatoms. The maximum atomic E-state index is 11.5. The van der Waals surface area contributed by atoms with E-state index in [4.69, 9.17) is 0 Å². The number of aromatic amines is 1. The zero-order valence-electron chi connectivity index (χ0n) is 8.10. The molecule has 0 bridgehead atoms. The van der Waals surface area contributed by atoms with Gasteiger partial charge in [-0.05, 0) is 19.1 Å². The molecule has 15 heavy (non-hydrogen) atoms. The van der Waals surface area contributed by atoms with Crippen molar-refractivity contribution in [1.82, 2.24) is 14.5 Å². The van der Waals surface area contributed by atoms with Crippen LogP contribution in [0.4, 0.5) is 0 Å². The van der Waals surface area contributed by atoms with Crippen LogP contribution in [0.1, 0.15) is 5.56 Å². The van der Waals surface area contributed by atoms with Crippen LogP contribution >= 0.6 is 0 Å². The van der Waals surface area contributed by atoms with E-state index in [-0.39, 0.29) is 5.56 Å². The minimum atomic E-state index is -0.482. The summed E-state index contributed by atoms with van der Waals surface area (Å²) in [7, 11) is 0. The Hall–Kier alpha value is -2.17. The highest BCUT2D eigenvalue weighted by molar-refractivity contribution is 5.22. The van der Waals surface area contributed by atoms with Crippen LogP contribution in [0, 0.1) is 6.92 Å². The SMILES string of the molecule is Cc1cn(-c2ccccn2)c(=O)[nH]c1=O. The van der Waals surface area contributed by atoms with Gasteiger partial charge in [0.05, 0.1) is 0 Å². The van der Waals surface area contributed by atoms with Gasteiger partial charge in [-0.15, -0.1) is 0 Å². The van der Waals surface area contributed by atoms with Gasteiger partial charge in [-0.3, -0.25) is 14.3 Å². The van der Waals surface area contributed by atoms with Crippen molar-refractivity contribution in [3.63, 3.8) is 0 Å². The van der Waals surface area contributed by atoms with Crippen LogP contribution in [0.5, 0.6) is 0 Å². The third-order valence-corrected chi connectivity index (χ3v) is 2.02. The molecular weight excluding hydrogens is 194 g/mol. The molecule has 1 N–H and O–H groups in total. The summed E-state index contributed by atoms with van der Waals surface area (Å²) in [5, 5.41) is 0. The van der Waals surface area contributed by atoms with Crippen molar-refractivity contribution in [2.45, 2.75) is 6.92 Å². The highest BCUT2D eigenvalue weighted by Crippen LogP contribution is 1.98. The third kappa shape index (κ3) is 1.71. The Labute approximate surface area is 85.0 Å². The average Bonchev–Trinajstić information content (AvgIpc) is 2.25. The van der Waals surface area contributed by atoms with Gasteiger partial charge in [0.1, 0.15) is 5.82 Å². The van der Waals surface area contributed by atoms with Gasteiger partial charge in [0.15, 0.2) is 0 Å². The van der Waals surface area contributed by atoms with Crippen LogP contribution in [-0.4, -0.2) is 14.5 Å². The summed E-state index contributed by atoms with van der Waals surface area (Å²) in [4.78, 5) is 28.8. The third-order valence-electron chi connectivity index (χ3n) is 2.02. The molecule has 2 aromatic rings. The number of pyridine rings is 1. The lowest BCUT2D eigenvalue weighted by Gasteiger charge is -2.03. The lowest BCUT2D eigenvalue weighted by atomic mass is 10.4. The number of hydrogen-bond donors (Lipinski definition) is 1. The van der Waals surface area contributed by atoms with Crippen LogP contribution in [0.3, 0.4) is 0 Å². The molecule has 0 saturated heterocycles. The van der Waals surface area contributed by atoms with Crippen molar-refractivity contribution in [3.8, 4) is 5.82 Å². The summed E-state index contributed by atoms with van der Waals surface area (Å²) in [5.74, 6) is 0.488. The molecule has 76 valence electrons. The Morgan fingerprint density at radius 2 is 2.13 bits per heavy atom. The van der Waals surface area contributed by atoms with E-state index in [2.05, 4.69) is 9.97 Å². The first-order valence-electron chi connectivity index (χ1n) is 4.42. The second kappa shape index (κ2) is 3.53. The monoisotopic (exact) mass is 203 g/mol. The second-order valence-corrected chi connectivity index (χ2v) is 3.13. The van der Waals surface area contributed by atoms with Crippen molar-refractivity contribution in [2.24, 2.45) is 0 Å². The highest BCUT2D eigenvalue weighted by Gasteiger charge is 2.02. The molecule has 5 nitrogen and oxygen atoms in total. The van der Waals surface area contributed by atoms with Crippen molar-refractivity contribution in [1.29, 1.82) is 0 Å². The molecule has 0 atom stereocenters. The molecule has 0 aliphatic heterocycles. The van der Waals surface area contributed by atoms with Crippen molar-refractivity contribution < 1.29 is 0 Å². The molecule has 0 spiro atoms. The van der Waals surface area contributed by atoms with E-state index in [9.17, 15) is 9.59 Å². The van der Waals surface area contributed by atoms with Crippen molar-refractivity contribution in [2.75, 3.05) is 0 Å². The van der Waals surface area contributed by atoms with E-state index in [1.54, 1.807) is 31.3 Å². The summed E-state index contributed by atoms with van der Waals surface area (Å²) in [6.07, 6.45) is 3.06. The quantitative estimate of drug-likeness (QED) is 0.721. The summed E-state index contributed by atoms with van der Waals surface area (Å²) >= 11 is 0. The average molecular weight is 203 g/mol. The van der Waals surface area contributed by atoms with Crippen LogP contribution in [0.25, 0.3) is 5.82 Å². The van der Waals surface area contributed by atoms with Crippen LogP contribution < -0.4 is 11.2 Å². The second-order valence-electron chi connectivity index (χ2n) is 3.13. The lowest BCUT2D eigenvalue weighted by molar-refractivity contribution is 0.854. The predicted molar refractivity (Wildman–Crippen MR) is 55.2 cm³/mol. The minimum absolute atomic E-state index is 0.368. The Bertz CT molecular complexity index is 584. The van der Waals surface area contributed by atoms with Gasteiger partial charge in [0.25, 0.3) is 5.56 Å². The number of aryl methyl sites for hydroxylation is 1. The first kappa shape index (κ1) is 9.39. The first-order valence-corrected chi connectivity index (χ1v) is 4.42. The predicted octanol–water partition coefficient (Wildman–Crippen LogP) is 0.229. The number of nitrogens with zero attached hydrogens (tertiary/aromatic N) is 2. The van der Waals surface area contributed by atoms with Gasteiger partial charge < -0.3 is 0 Å². The normalized spacial score (nSPS) is 10.2. The standard InChI is InChI=1S/C10H9N3O2/c1-7-6-13(10(15)12-9(7)14)8-4-2-3-5-11-8/h2-6H,1H3,(H,12,14,15). The topological polar surface area (TPSA) is 67.8 Å². The molecule has 0 aliphatic carbocycles. The summed E-state index contributed by atoms with van der Waals surface area (Å²) in [6, 6.07) is 5.22. The van der Waals surface area contributed by atoms with Gasteiger partial charge in [-0.2, -0.15) is 0 Å². The van der Waals surface area contributed by atoms with Gasteiger partial charge in [-0.25, -0.2) is 9.78 Å². The van der Waals surface area contributed by atoms with Crippen molar-refractivity contribution >= 4 is 0 Å². The smallest absolute Gasteiger partial charge is 0.273 e. The van der Waals surface area contributed by atoms with Crippen molar-refractivity contribution in [3.05, 3.63) is 57.0 Å². The van der Waals surface area contributed by atoms with Crippen LogP contribution in [0.2, 0.25) is 0 Å². The molecule has 0 saturated carbocycles. The van der Waals surface area contributed by atoms with Crippen LogP contribution in [0.15, 0.2) is 40.2 Å². The van der Waals surface area contributed by atoms with E-state index < -0.39 is 5.69 Å². The molecule has 0 unspecified atom stereocenters. The Balaban J connectivity index is 2.70. The Morgan fingerprint density at radius 1 is 1.33 bits per heavy atom. The zero-order valence-corrected chi connectivity index (χ0v) is 8.10. The molecular formula is C10H9N3O2. The summed E-state index contributed by atoms with van der Waals surface area (Å²) in [5.41, 5.74) is -0.378. The minimum Gasteiger partial charge on any atom is -0.273 e. The van der Waals surface area contributed by atoms with Gasteiger partial charge in [-0.1, -0.05) is 6.07 Å². The van der Waals surface area contributed by atoms with E-state index in [0.717, 1.165) is 0 Å². The van der Waals surface area contributed by atoms with E-state index in [1.807, 2.05) is 0 Å². The molecule has 0 amide bonds. The molecule has 0 fully saturated rings. The number of rotatable bonds is 1. The molecule has 0 radical (unpaired) electrons. The largest absolute Gasteiger partial charge is 0.334 e. The lowest BCUT2D eigenvalue weighted by Crippen LogP contribution is -2.30. The van der Waals surface area contributed by atoms with Crippen LogP contribution in [-0.2, 0) is 0 Å². The van der Waals surface area contributed by atoms with Gasteiger partial charge >= 0.3 is 5.69 Å².